The number of hydrogen-bond donors (Lipinski definition) is 1. The van der Waals surface area contributed by atoms with E-state index in [0.717, 1.165) is 10.5 Å². The maximum absolute atomic E-state index is 12.0. The Morgan fingerprint density at radius 2 is 1.95 bits per heavy atom. The number of aliphatic carboxylic acids is 1. The predicted octanol–water partition coefficient (Wildman–Crippen LogP) is 0.643. The number of carboxylic acids is 1. The van der Waals surface area contributed by atoms with Gasteiger partial charge in [-0.2, -0.15) is 0 Å². The van der Waals surface area contributed by atoms with Crippen molar-refractivity contribution in [1.82, 2.24) is 4.90 Å². The summed E-state index contributed by atoms with van der Waals surface area (Å²) in [5.74, 6) is -1.69. The Morgan fingerprint density at radius 3 is 2.40 bits per heavy atom. The lowest BCUT2D eigenvalue weighted by Gasteiger charge is -2.27. The quantitative estimate of drug-likeness (QED) is 0.817. The van der Waals surface area contributed by atoms with Gasteiger partial charge in [-0.25, -0.2) is 0 Å². The van der Waals surface area contributed by atoms with Gasteiger partial charge in [0.15, 0.2) is 0 Å². The number of imide groups is 1. The van der Waals surface area contributed by atoms with Gasteiger partial charge < -0.3 is 10.0 Å². The van der Waals surface area contributed by atoms with Gasteiger partial charge in [-0.05, 0) is 19.1 Å². The van der Waals surface area contributed by atoms with Gasteiger partial charge in [-0.15, -0.1) is 0 Å². The maximum Gasteiger partial charge on any atom is 0.323 e. The Labute approximate surface area is 116 Å². The highest BCUT2D eigenvalue weighted by Crippen LogP contribution is 2.24. The molecule has 1 aliphatic rings. The first kappa shape index (κ1) is 14.0. The lowest BCUT2D eigenvalue weighted by molar-refractivity contribution is -0.136. The van der Waals surface area contributed by atoms with Crippen LogP contribution in [-0.2, 0) is 14.4 Å². The molecule has 1 heterocycles. The van der Waals surface area contributed by atoms with Gasteiger partial charge in [-0.1, -0.05) is 17.7 Å². The highest BCUT2D eigenvalue weighted by molar-refractivity contribution is 6.07. The summed E-state index contributed by atoms with van der Waals surface area (Å²) in [6.45, 7) is 1.60. The summed E-state index contributed by atoms with van der Waals surface area (Å²) < 4.78 is 0. The van der Waals surface area contributed by atoms with Crippen molar-refractivity contribution < 1.29 is 19.5 Å². The Balaban J connectivity index is 2.33. The first-order valence-electron chi connectivity index (χ1n) is 6.25. The molecule has 0 aromatic heterocycles. The molecular formula is C14H16N2O4. The fourth-order valence-corrected chi connectivity index (χ4v) is 2.24. The van der Waals surface area contributed by atoms with Crippen LogP contribution in [0.4, 0.5) is 5.69 Å². The number of carboxylic acid groups (broad SMARTS) is 1. The van der Waals surface area contributed by atoms with Gasteiger partial charge in [-0.3, -0.25) is 19.3 Å². The van der Waals surface area contributed by atoms with E-state index >= 15 is 0 Å². The summed E-state index contributed by atoms with van der Waals surface area (Å²) in [5, 5.41) is 9.03. The molecule has 106 valence electrons. The van der Waals surface area contributed by atoms with Crippen LogP contribution in [0.25, 0.3) is 0 Å². The van der Waals surface area contributed by atoms with E-state index in [1.807, 2.05) is 19.1 Å². The molecule has 2 amide bonds. The van der Waals surface area contributed by atoms with Crippen LogP contribution in [0.1, 0.15) is 12.0 Å². The molecule has 0 bridgehead atoms. The number of amides is 2. The number of likely N-dealkylation sites (tertiary alicyclic amines) is 1. The molecule has 1 N–H and O–H groups in total. The Morgan fingerprint density at radius 1 is 1.35 bits per heavy atom. The summed E-state index contributed by atoms with van der Waals surface area (Å²) in [6.07, 6.45) is 0.0104. The van der Waals surface area contributed by atoms with Gasteiger partial charge in [0, 0.05) is 12.7 Å². The molecule has 20 heavy (non-hydrogen) atoms. The minimum absolute atomic E-state index is 0.0104. The van der Waals surface area contributed by atoms with Crippen LogP contribution >= 0.6 is 0 Å². The molecule has 0 spiro atoms. The molecule has 1 fully saturated rings. The number of benzene rings is 1. The molecule has 6 nitrogen and oxygen atoms in total. The van der Waals surface area contributed by atoms with E-state index in [1.54, 1.807) is 12.1 Å². The summed E-state index contributed by atoms with van der Waals surface area (Å²) >= 11 is 0. The average Bonchev–Trinajstić information content (AvgIpc) is 2.65. The van der Waals surface area contributed by atoms with E-state index < -0.39 is 12.0 Å². The number of anilines is 1. The molecular weight excluding hydrogens is 260 g/mol. The SMILES string of the molecule is Cc1ccc(N(CC(=O)O)C2CC(=O)N(C)C2=O)cc1. The highest BCUT2D eigenvalue weighted by atomic mass is 16.4. The molecule has 1 saturated heterocycles. The third-order valence-electron chi connectivity index (χ3n) is 3.41. The zero-order chi connectivity index (χ0) is 14.9. The molecule has 2 rings (SSSR count). The summed E-state index contributed by atoms with van der Waals surface area (Å²) in [6, 6.07) is 6.46. The summed E-state index contributed by atoms with van der Waals surface area (Å²) in [4.78, 5) is 37.2. The van der Waals surface area contributed by atoms with Crippen molar-refractivity contribution in [2.45, 2.75) is 19.4 Å². The number of carbonyl (C=O) groups excluding carboxylic acids is 2. The molecule has 6 heteroatoms. The van der Waals surface area contributed by atoms with Crippen molar-refractivity contribution in [1.29, 1.82) is 0 Å². The second kappa shape index (κ2) is 5.32. The van der Waals surface area contributed by atoms with Crippen molar-refractivity contribution in [3.63, 3.8) is 0 Å². The monoisotopic (exact) mass is 276 g/mol. The number of likely N-dealkylation sites (N-methyl/N-ethyl adjacent to an activating group) is 1. The van der Waals surface area contributed by atoms with E-state index in [0.29, 0.717) is 5.69 Å². The van der Waals surface area contributed by atoms with Crippen molar-refractivity contribution in [3.05, 3.63) is 29.8 Å². The molecule has 1 aliphatic heterocycles. The molecule has 0 aliphatic carbocycles. The van der Waals surface area contributed by atoms with Crippen LogP contribution in [0.15, 0.2) is 24.3 Å². The number of rotatable bonds is 4. The molecule has 1 aromatic rings. The van der Waals surface area contributed by atoms with Crippen LogP contribution in [0, 0.1) is 6.92 Å². The van der Waals surface area contributed by atoms with Crippen LogP contribution in [0.3, 0.4) is 0 Å². The second-order valence-electron chi connectivity index (χ2n) is 4.87. The van der Waals surface area contributed by atoms with Crippen molar-refractivity contribution in [2.24, 2.45) is 0 Å². The summed E-state index contributed by atoms with van der Waals surface area (Å²) in [7, 11) is 1.42. The predicted molar refractivity (Wildman–Crippen MR) is 72.3 cm³/mol. The Bertz CT molecular complexity index is 553. The average molecular weight is 276 g/mol. The third-order valence-corrected chi connectivity index (χ3v) is 3.41. The lowest BCUT2D eigenvalue weighted by Crippen LogP contribution is -2.44. The molecule has 1 aromatic carbocycles. The van der Waals surface area contributed by atoms with Crippen molar-refractivity contribution >= 4 is 23.5 Å². The maximum atomic E-state index is 12.0. The van der Waals surface area contributed by atoms with Gasteiger partial charge in [0.2, 0.25) is 5.91 Å². The Kier molecular flexibility index (Phi) is 3.74. The number of hydrogen-bond acceptors (Lipinski definition) is 4. The lowest BCUT2D eigenvalue weighted by atomic mass is 10.1. The largest absolute Gasteiger partial charge is 0.480 e. The van der Waals surface area contributed by atoms with E-state index in [2.05, 4.69) is 0 Å². The van der Waals surface area contributed by atoms with Crippen LogP contribution in [0.5, 0.6) is 0 Å². The smallest absolute Gasteiger partial charge is 0.323 e. The zero-order valence-electron chi connectivity index (χ0n) is 11.4. The zero-order valence-corrected chi connectivity index (χ0v) is 11.4. The molecule has 0 radical (unpaired) electrons. The van der Waals surface area contributed by atoms with E-state index in [9.17, 15) is 14.4 Å². The fraction of sp³-hybridized carbons (Fsp3) is 0.357. The van der Waals surface area contributed by atoms with E-state index in [-0.39, 0.29) is 24.8 Å². The number of aryl methyl sites for hydroxylation is 1. The van der Waals surface area contributed by atoms with Crippen LogP contribution in [0.2, 0.25) is 0 Å². The Hall–Kier alpha value is -2.37. The molecule has 1 atom stereocenters. The second-order valence-corrected chi connectivity index (χ2v) is 4.87. The number of nitrogens with zero attached hydrogens (tertiary/aromatic N) is 2. The van der Waals surface area contributed by atoms with Crippen LogP contribution in [-0.4, -0.2) is 47.4 Å². The highest BCUT2D eigenvalue weighted by Gasteiger charge is 2.40. The van der Waals surface area contributed by atoms with Gasteiger partial charge >= 0.3 is 5.97 Å². The summed E-state index contributed by atoms with van der Waals surface area (Å²) in [5.41, 5.74) is 1.66. The van der Waals surface area contributed by atoms with Crippen LogP contribution < -0.4 is 4.90 Å². The third kappa shape index (κ3) is 2.64. The van der Waals surface area contributed by atoms with E-state index in [4.69, 9.17) is 5.11 Å². The first-order valence-corrected chi connectivity index (χ1v) is 6.25. The fourth-order valence-electron chi connectivity index (χ4n) is 2.24. The normalized spacial score (nSPS) is 18.5. The molecule has 0 saturated carbocycles. The minimum atomic E-state index is -1.04. The van der Waals surface area contributed by atoms with Gasteiger partial charge in [0.05, 0.1) is 6.42 Å². The van der Waals surface area contributed by atoms with E-state index in [1.165, 1.54) is 11.9 Å². The van der Waals surface area contributed by atoms with Gasteiger partial charge in [0.25, 0.3) is 5.91 Å². The number of carbonyl (C=O) groups is 3. The minimum Gasteiger partial charge on any atom is -0.480 e. The van der Waals surface area contributed by atoms with Crippen molar-refractivity contribution in [2.75, 3.05) is 18.5 Å². The van der Waals surface area contributed by atoms with Gasteiger partial charge in [0.1, 0.15) is 12.6 Å². The molecule has 1 unspecified atom stereocenters. The topological polar surface area (TPSA) is 77.9 Å². The first-order chi connectivity index (χ1) is 9.40. The standard InChI is InChI=1S/C14H16N2O4/c1-9-3-5-10(6-4-9)16(8-13(18)19)11-7-12(17)15(2)14(11)20/h3-6,11H,7-8H2,1-2H3,(H,18,19). The van der Waals surface area contributed by atoms with Crippen molar-refractivity contribution in [3.8, 4) is 0 Å².